The fourth-order valence-electron chi connectivity index (χ4n) is 1.94. The number of benzene rings is 1. The highest BCUT2D eigenvalue weighted by molar-refractivity contribution is 5.28. The van der Waals surface area contributed by atoms with Crippen molar-refractivity contribution in [3.63, 3.8) is 0 Å². The molecule has 0 aliphatic heterocycles. The molecule has 19 heavy (non-hydrogen) atoms. The Hall–Kier alpha value is -1.53. The lowest BCUT2D eigenvalue weighted by molar-refractivity contribution is 0.317. The summed E-state index contributed by atoms with van der Waals surface area (Å²) in [5.41, 5.74) is 1.38. The van der Waals surface area contributed by atoms with Crippen molar-refractivity contribution < 1.29 is 4.74 Å². The maximum absolute atomic E-state index is 8.63. The first-order valence-corrected chi connectivity index (χ1v) is 6.87. The summed E-state index contributed by atoms with van der Waals surface area (Å²) in [5, 5.41) is 12.1. The van der Waals surface area contributed by atoms with Gasteiger partial charge in [0.25, 0.3) is 0 Å². The van der Waals surface area contributed by atoms with Gasteiger partial charge in [0.2, 0.25) is 0 Å². The molecule has 0 amide bonds. The van der Waals surface area contributed by atoms with Crippen molar-refractivity contribution in [3.8, 4) is 11.8 Å². The van der Waals surface area contributed by atoms with Crippen LogP contribution in [0.2, 0.25) is 0 Å². The summed E-state index contributed by atoms with van der Waals surface area (Å²) < 4.78 is 5.48. The van der Waals surface area contributed by atoms with Crippen LogP contribution in [0.15, 0.2) is 24.3 Å². The number of rotatable bonds is 8. The lowest BCUT2D eigenvalue weighted by Gasteiger charge is -2.23. The molecule has 0 saturated heterocycles. The van der Waals surface area contributed by atoms with Gasteiger partial charge in [-0.2, -0.15) is 5.26 Å². The highest BCUT2D eigenvalue weighted by Gasteiger charge is 2.16. The van der Waals surface area contributed by atoms with Crippen LogP contribution in [0.5, 0.6) is 5.75 Å². The molecule has 1 N–H and O–H groups in total. The van der Waals surface area contributed by atoms with Crippen molar-refractivity contribution in [3.05, 3.63) is 29.8 Å². The molecule has 0 saturated carbocycles. The van der Waals surface area contributed by atoms with Gasteiger partial charge in [-0.05, 0) is 36.5 Å². The van der Waals surface area contributed by atoms with Gasteiger partial charge >= 0.3 is 0 Å². The highest BCUT2D eigenvalue weighted by atomic mass is 16.5. The summed E-state index contributed by atoms with van der Waals surface area (Å²) in [6.07, 6.45) is 1.55. The monoisotopic (exact) mass is 260 g/mol. The van der Waals surface area contributed by atoms with Crippen LogP contribution >= 0.6 is 0 Å². The van der Waals surface area contributed by atoms with Crippen LogP contribution in [0, 0.1) is 16.7 Å². The van der Waals surface area contributed by atoms with E-state index in [2.05, 4.69) is 37.4 Å². The summed E-state index contributed by atoms with van der Waals surface area (Å²) >= 11 is 0. The van der Waals surface area contributed by atoms with E-state index in [-0.39, 0.29) is 5.41 Å². The standard InChI is InChI=1S/C16H24N2O/c1-4-19-15-8-5-7-14(11-15)12-18-13-16(2,3)9-6-10-17/h5,7-8,11,18H,4,6,9,12-13H2,1-3H3. The molecule has 3 heteroatoms. The van der Waals surface area contributed by atoms with Crippen molar-refractivity contribution >= 4 is 0 Å². The van der Waals surface area contributed by atoms with Gasteiger partial charge in [-0.15, -0.1) is 0 Å². The third-order valence-electron chi connectivity index (χ3n) is 3.06. The van der Waals surface area contributed by atoms with Gasteiger partial charge < -0.3 is 10.1 Å². The molecule has 0 atom stereocenters. The van der Waals surface area contributed by atoms with E-state index in [4.69, 9.17) is 10.00 Å². The molecular formula is C16H24N2O. The SMILES string of the molecule is CCOc1cccc(CNCC(C)(C)CCC#N)c1. The Morgan fingerprint density at radius 1 is 1.37 bits per heavy atom. The quantitative estimate of drug-likeness (QED) is 0.778. The molecule has 0 spiro atoms. The fourth-order valence-corrected chi connectivity index (χ4v) is 1.94. The average molecular weight is 260 g/mol. The van der Waals surface area contributed by atoms with Gasteiger partial charge in [-0.3, -0.25) is 0 Å². The Morgan fingerprint density at radius 2 is 2.16 bits per heavy atom. The summed E-state index contributed by atoms with van der Waals surface area (Å²) in [5.74, 6) is 0.922. The van der Waals surface area contributed by atoms with Crippen molar-refractivity contribution in [2.24, 2.45) is 5.41 Å². The van der Waals surface area contributed by atoms with Gasteiger partial charge in [-0.1, -0.05) is 26.0 Å². The minimum Gasteiger partial charge on any atom is -0.494 e. The molecule has 0 aromatic heterocycles. The second-order valence-electron chi connectivity index (χ2n) is 5.51. The summed E-state index contributed by atoms with van der Waals surface area (Å²) in [7, 11) is 0. The molecule has 0 heterocycles. The molecule has 0 aliphatic rings. The van der Waals surface area contributed by atoms with Gasteiger partial charge in [0, 0.05) is 19.5 Å². The minimum atomic E-state index is 0.160. The van der Waals surface area contributed by atoms with Gasteiger partial charge in [-0.25, -0.2) is 0 Å². The number of nitrogens with one attached hydrogen (secondary N) is 1. The number of hydrogen-bond donors (Lipinski definition) is 1. The molecule has 0 unspecified atom stereocenters. The normalized spacial score (nSPS) is 11.1. The van der Waals surface area contributed by atoms with Crippen LogP contribution in [0.1, 0.15) is 39.2 Å². The van der Waals surface area contributed by atoms with E-state index in [9.17, 15) is 0 Å². The van der Waals surface area contributed by atoms with Gasteiger partial charge in [0.15, 0.2) is 0 Å². The average Bonchev–Trinajstić information content (AvgIpc) is 2.37. The third kappa shape index (κ3) is 6.26. The summed E-state index contributed by atoms with van der Waals surface area (Å²) in [6, 6.07) is 10.4. The van der Waals surface area contributed by atoms with Crippen molar-refractivity contribution in [1.82, 2.24) is 5.32 Å². The fraction of sp³-hybridized carbons (Fsp3) is 0.562. The lowest BCUT2D eigenvalue weighted by atomic mass is 9.88. The van der Waals surface area contributed by atoms with E-state index in [1.807, 2.05) is 19.1 Å². The van der Waals surface area contributed by atoms with E-state index in [1.54, 1.807) is 0 Å². The van der Waals surface area contributed by atoms with Crippen LogP contribution in [0.3, 0.4) is 0 Å². The minimum absolute atomic E-state index is 0.160. The number of nitrogens with zero attached hydrogens (tertiary/aromatic N) is 1. The van der Waals surface area contributed by atoms with Crippen molar-refractivity contribution in [2.75, 3.05) is 13.2 Å². The van der Waals surface area contributed by atoms with E-state index >= 15 is 0 Å². The van der Waals surface area contributed by atoms with Crippen LogP contribution in [-0.4, -0.2) is 13.2 Å². The van der Waals surface area contributed by atoms with Crippen LogP contribution in [0.4, 0.5) is 0 Å². The molecule has 0 fully saturated rings. The molecule has 0 radical (unpaired) electrons. The Bertz CT molecular complexity index is 421. The predicted molar refractivity (Wildman–Crippen MR) is 77.9 cm³/mol. The van der Waals surface area contributed by atoms with Crippen molar-refractivity contribution in [2.45, 2.75) is 40.2 Å². The first kappa shape index (κ1) is 15.5. The van der Waals surface area contributed by atoms with Gasteiger partial charge in [0.1, 0.15) is 5.75 Å². The molecule has 104 valence electrons. The van der Waals surface area contributed by atoms with Crippen LogP contribution in [-0.2, 0) is 6.54 Å². The second kappa shape index (κ2) is 7.81. The Kier molecular flexibility index (Phi) is 6.38. The first-order chi connectivity index (χ1) is 9.07. The largest absolute Gasteiger partial charge is 0.494 e. The first-order valence-electron chi connectivity index (χ1n) is 6.87. The Morgan fingerprint density at radius 3 is 2.84 bits per heavy atom. The molecule has 1 rings (SSSR count). The molecule has 1 aromatic carbocycles. The molecular weight excluding hydrogens is 236 g/mol. The zero-order valence-corrected chi connectivity index (χ0v) is 12.2. The molecule has 0 bridgehead atoms. The summed E-state index contributed by atoms with van der Waals surface area (Å²) in [4.78, 5) is 0. The van der Waals surface area contributed by atoms with Gasteiger partial charge in [0.05, 0.1) is 12.7 Å². The number of nitriles is 1. The zero-order valence-electron chi connectivity index (χ0n) is 12.2. The highest BCUT2D eigenvalue weighted by Crippen LogP contribution is 2.21. The molecule has 1 aromatic rings. The third-order valence-corrected chi connectivity index (χ3v) is 3.06. The van der Waals surface area contributed by atoms with E-state index < -0.39 is 0 Å². The van der Waals surface area contributed by atoms with Crippen molar-refractivity contribution in [1.29, 1.82) is 5.26 Å². The lowest BCUT2D eigenvalue weighted by Crippen LogP contribution is -2.29. The Balaban J connectivity index is 2.40. The summed E-state index contributed by atoms with van der Waals surface area (Å²) in [6.45, 7) is 8.80. The Labute approximate surface area is 116 Å². The number of ether oxygens (including phenoxy) is 1. The van der Waals surface area contributed by atoms with E-state index in [0.29, 0.717) is 13.0 Å². The maximum atomic E-state index is 8.63. The maximum Gasteiger partial charge on any atom is 0.119 e. The number of hydrogen-bond acceptors (Lipinski definition) is 3. The smallest absolute Gasteiger partial charge is 0.119 e. The van der Waals surface area contributed by atoms with Crippen LogP contribution in [0.25, 0.3) is 0 Å². The van der Waals surface area contributed by atoms with Crippen LogP contribution < -0.4 is 10.1 Å². The topological polar surface area (TPSA) is 45.0 Å². The molecule has 3 nitrogen and oxygen atoms in total. The zero-order chi connectivity index (χ0) is 14.1. The second-order valence-corrected chi connectivity index (χ2v) is 5.51. The molecule has 0 aliphatic carbocycles. The predicted octanol–water partition coefficient (Wildman–Crippen LogP) is 3.50. The van der Waals surface area contributed by atoms with E-state index in [1.165, 1.54) is 5.56 Å². The van der Waals surface area contributed by atoms with E-state index in [0.717, 1.165) is 25.3 Å².